The Hall–Kier alpha value is -2.15. The van der Waals surface area contributed by atoms with E-state index in [4.69, 9.17) is 10.00 Å². The van der Waals surface area contributed by atoms with Crippen LogP contribution in [0.25, 0.3) is 0 Å². The smallest absolute Gasteiger partial charge is 0.240 e. The van der Waals surface area contributed by atoms with Crippen LogP contribution >= 0.6 is 0 Å². The van der Waals surface area contributed by atoms with Gasteiger partial charge in [0.2, 0.25) is 15.9 Å². The van der Waals surface area contributed by atoms with Crippen LogP contribution in [-0.4, -0.2) is 58.1 Å². The van der Waals surface area contributed by atoms with Crippen molar-refractivity contribution in [1.82, 2.24) is 14.9 Å². The number of methoxy groups -OCH3 is 1. The second kappa shape index (κ2) is 9.57. The van der Waals surface area contributed by atoms with E-state index in [1.165, 1.54) is 19.2 Å². The van der Waals surface area contributed by atoms with Crippen molar-refractivity contribution >= 4 is 15.9 Å². The van der Waals surface area contributed by atoms with E-state index in [2.05, 4.69) is 16.1 Å². The van der Waals surface area contributed by atoms with Gasteiger partial charge in [0.15, 0.2) is 0 Å². The summed E-state index contributed by atoms with van der Waals surface area (Å²) in [4.78, 5) is 14.2. The number of carbonyl (C=O) groups excluding carboxylic acids is 1. The number of hydrogen-bond acceptors (Lipinski definition) is 6. The number of nitrogens with one attached hydrogen (secondary N) is 2. The van der Waals surface area contributed by atoms with E-state index in [1.54, 1.807) is 17.0 Å². The predicted octanol–water partition coefficient (Wildman–Crippen LogP) is 1.25. The molecule has 8 nitrogen and oxygen atoms in total. The van der Waals surface area contributed by atoms with E-state index in [0.29, 0.717) is 18.8 Å². The standard InChI is InChI=1S/C20H28N4O4S/c1-28-18-6-8-19(9-7-18)29(26,27)23-13-15-4-5-16(11-15)22-14-20(25)24-10-2-3-17(24)12-21/h6-9,15-17,22-23H,2-5,10-11,13-14H2,1H3/t15-,16+,17-/m0/s1. The highest BCUT2D eigenvalue weighted by atomic mass is 32.2. The third-order valence-electron chi connectivity index (χ3n) is 5.74. The maximum absolute atomic E-state index is 12.4. The Bertz CT molecular complexity index is 850. The minimum atomic E-state index is -3.55. The van der Waals surface area contributed by atoms with Gasteiger partial charge in [-0.15, -0.1) is 0 Å². The van der Waals surface area contributed by atoms with Crippen molar-refractivity contribution in [2.75, 3.05) is 26.7 Å². The average molecular weight is 421 g/mol. The van der Waals surface area contributed by atoms with Crippen molar-refractivity contribution in [1.29, 1.82) is 5.26 Å². The molecule has 0 radical (unpaired) electrons. The van der Waals surface area contributed by atoms with E-state index >= 15 is 0 Å². The molecule has 9 heteroatoms. The van der Waals surface area contributed by atoms with Crippen molar-refractivity contribution in [3.63, 3.8) is 0 Å². The van der Waals surface area contributed by atoms with Crippen LogP contribution < -0.4 is 14.8 Å². The number of ether oxygens (including phenoxy) is 1. The number of sulfonamides is 1. The second-order valence-corrected chi connectivity index (χ2v) is 9.43. The fourth-order valence-corrected chi connectivity index (χ4v) is 5.16. The molecule has 0 bridgehead atoms. The van der Waals surface area contributed by atoms with E-state index in [9.17, 15) is 13.2 Å². The van der Waals surface area contributed by atoms with E-state index in [0.717, 1.165) is 32.1 Å². The van der Waals surface area contributed by atoms with Crippen LogP contribution in [-0.2, 0) is 14.8 Å². The third-order valence-corrected chi connectivity index (χ3v) is 7.18. The lowest BCUT2D eigenvalue weighted by atomic mass is 10.1. The number of likely N-dealkylation sites (tertiary alicyclic amines) is 1. The molecule has 2 fully saturated rings. The second-order valence-electron chi connectivity index (χ2n) is 7.66. The highest BCUT2D eigenvalue weighted by Crippen LogP contribution is 2.26. The van der Waals surface area contributed by atoms with Crippen molar-refractivity contribution < 1.29 is 17.9 Å². The Morgan fingerprint density at radius 3 is 2.72 bits per heavy atom. The minimum Gasteiger partial charge on any atom is -0.497 e. The molecule has 1 aliphatic carbocycles. The van der Waals surface area contributed by atoms with Crippen molar-refractivity contribution in [2.24, 2.45) is 5.92 Å². The molecule has 1 heterocycles. The molecule has 1 aromatic carbocycles. The minimum absolute atomic E-state index is 0.0299. The fourth-order valence-electron chi connectivity index (χ4n) is 4.04. The first-order valence-electron chi connectivity index (χ1n) is 9.99. The van der Waals surface area contributed by atoms with Gasteiger partial charge in [0.1, 0.15) is 11.8 Å². The number of benzene rings is 1. The predicted molar refractivity (Wildman–Crippen MR) is 108 cm³/mol. The first kappa shape index (κ1) is 21.6. The quantitative estimate of drug-likeness (QED) is 0.655. The lowest BCUT2D eigenvalue weighted by Crippen LogP contribution is -2.43. The van der Waals surface area contributed by atoms with Crippen LogP contribution in [0.3, 0.4) is 0 Å². The molecule has 2 N–H and O–H groups in total. The van der Waals surface area contributed by atoms with Crippen LogP contribution in [0.4, 0.5) is 0 Å². The Morgan fingerprint density at radius 2 is 2.03 bits per heavy atom. The maximum Gasteiger partial charge on any atom is 0.240 e. The zero-order chi connectivity index (χ0) is 20.9. The monoisotopic (exact) mass is 420 g/mol. The number of nitrogens with zero attached hydrogens (tertiary/aromatic N) is 2. The summed E-state index contributed by atoms with van der Waals surface area (Å²) in [6.07, 6.45) is 4.26. The number of hydrogen-bond donors (Lipinski definition) is 2. The Balaban J connectivity index is 1.42. The molecule has 1 saturated heterocycles. The van der Waals surface area contributed by atoms with Crippen molar-refractivity contribution in [2.45, 2.75) is 49.1 Å². The summed E-state index contributed by atoms with van der Waals surface area (Å²) in [7, 11) is -2.02. The lowest BCUT2D eigenvalue weighted by Gasteiger charge is -2.21. The molecule has 1 aromatic rings. The molecule has 1 amide bonds. The molecule has 2 aliphatic rings. The molecule has 3 atom stereocenters. The first-order valence-corrected chi connectivity index (χ1v) is 11.5. The van der Waals surface area contributed by atoms with Crippen molar-refractivity contribution in [3.05, 3.63) is 24.3 Å². The molecule has 0 unspecified atom stereocenters. The van der Waals surface area contributed by atoms with Gasteiger partial charge in [0.25, 0.3) is 0 Å². The summed E-state index contributed by atoms with van der Waals surface area (Å²) in [5.41, 5.74) is 0. The summed E-state index contributed by atoms with van der Waals surface area (Å²) in [5.74, 6) is 0.810. The number of nitriles is 1. The Morgan fingerprint density at radius 1 is 1.28 bits per heavy atom. The third kappa shape index (κ3) is 5.47. The van der Waals surface area contributed by atoms with E-state index in [1.807, 2.05) is 0 Å². The van der Waals surface area contributed by atoms with Gasteiger partial charge >= 0.3 is 0 Å². The molecular formula is C20H28N4O4S. The molecule has 1 saturated carbocycles. The topological polar surface area (TPSA) is 112 Å². The molecular weight excluding hydrogens is 392 g/mol. The van der Waals surface area contributed by atoms with Gasteiger partial charge < -0.3 is 15.0 Å². The summed E-state index contributed by atoms with van der Waals surface area (Å²) in [6.45, 7) is 1.26. The summed E-state index contributed by atoms with van der Waals surface area (Å²) < 4.78 is 32.6. The molecule has 158 valence electrons. The van der Waals surface area contributed by atoms with Gasteiger partial charge in [-0.25, -0.2) is 13.1 Å². The summed E-state index contributed by atoms with van der Waals surface area (Å²) in [6, 6.07) is 8.38. The average Bonchev–Trinajstić information content (AvgIpc) is 3.40. The normalized spacial score (nSPS) is 24.4. The van der Waals surface area contributed by atoms with Gasteiger partial charge in [0.05, 0.1) is 24.6 Å². The molecule has 3 rings (SSSR count). The van der Waals surface area contributed by atoms with Gasteiger partial charge in [-0.2, -0.15) is 5.26 Å². The molecule has 29 heavy (non-hydrogen) atoms. The largest absolute Gasteiger partial charge is 0.497 e. The highest BCUT2D eigenvalue weighted by Gasteiger charge is 2.30. The summed E-state index contributed by atoms with van der Waals surface area (Å²) in [5, 5.41) is 12.4. The SMILES string of the molecule is COc1ccc(S(=O)(=O)NC[C@H]2CC[C@@H](NCC(=O)N3CCC[C@H]3C#N)C2)cc1. The van der Waals surface area contributed by atoms with Crippen molar-refractivity contribution in [3.8, 4) is 11.8 Å². The molecule has 1 aliphatic heterocycles. The summed E-state index contributed by atoms with van der Waals surface area (Å²) >= 11 is 0. The zero-order valence-corrected chi connectivity index (χ0v) is 17.5. The van der Waals surface area contributed by atoms with Crippen LogP contribution in [0, 0.1) is 17.2 Å². The van der Waals surface area contributed by atoms with E-state index < -0.39 is 10.0 Å². The maximum atomic E-state index is 12.4. The lowest BCUT2D eigenvalue weighted by molar-refractivity contribution is -0.130. The zero-order valence-electron chi connectivity index (χ0n) is 16.6. The van der Waals surface area contributed by atoms with Crippen LogP contribution in [0.15, 0.2) is 29.2 Å². The fraction of sp³-hybridized carbons (Fsp3) is 0.600. The number of carbonyl (C=O) groups is 1. The van der Waals surface area contributed by atoms with Gasteiger partial charge in [0, 0.05) is 19.1 Å². The van der Waals surface area contributed by atoms with Crippen LogP contribution in [0.5, 0.6) is 5.75 Å². The number of rotatable bonds is 8. The van der Waals surface area contributed by atoms with Gasteiger partial charge in [-0.1, -0.05) is 0 Å². The Kier molecular flexibility index (Phi) is 7.11. The number of amides is 1. The van der Waals surface area contributed by atoms with Gasteiger partial charge in [-0.05, 0) is 62.3 Å². The Labute approximate surface area is 172 Å². The van der Waals surface area contributed by atoms with Gasteiger partial charge in [-0.3, -0.25) is 4.79 Å². The van der Waals surface area contributed by atoms with Crippen LogP contribution in [0.1, 0.15) is 32.1 Å². The molecule has 0 spiro atoms. The van der Waals surface area contributed by atoms with Crippen LogP contribution in [0.2, 0.25) is 0 Å². The molecule has 0 aromatic heterocycles. The first-order chi connectivity index (χ1) is 13.9. The highest BCUT2D eigenvalue weighted by molar-refractivity contribution is 7.89. The van der Waals surface area contributed by atoms with E-state index in [-0.39, 0.29) is 35.3 Å².